The molecule has 6 nitrogen and oxygen atoms in total. The van der Waals surface area contributed by atoms with Gasteiger partial charge in [0.15, 0.2) is 5.82 Å². The van der Waals surface area contributed by atoms with Gasteiger partial charge in [0.1, 0.15) is 22.4 Å². The molecule has 2 aromatic heterocycles. The highest BCUT2D eigenvalue weighted by molar-refractivity contribution is 6.31. The third kappa shape index (κ3) is 4.63. The van der Waals surface area contributed by atoms with Crippen molar-refractivity contribution in [2.24, 2.45) is 5.73 Å². The van der Waals surface area contributed by atoms with Crippen molar-refractivity contribution in [2.75, 3.05) is 13.1 Å². The molecule has 1 aliphatic carbocycles. The molecule has 1 saturated heterocycles. The van der Waals surface area contributed by atoms with Crippen LogP contribution >= 0.6 is 11.6 Å². The van der Waals surface area contributed by atoms with Crippen molar-refractivity contribution in [3.8, 4) is 16.9 Å². The predicted molar refractivity (Wildman–Crippen MR) is 150 cm³/mol. The molecule has 2 aliphatic rings. The van der Waals surface area contributed by atoms with E-state index in [1.807, 2.05) is 0 Å². The summed E-state index contributed by atoms with van der Waals surface area (Å²) in [5.41, 5.74) is 6.70. The number of halogens is 4. The van der Waals surface area contributed by atoms with Crippen molar-refractivity contribution in [1.29, 1.82) is 0 Å². The summed E-state index contributed by atoms with van der Waals surface area (Å²) in [6.07, 6.45) is 2.11. The van der Waals surface area contributed by atoms with Gasteiger partial charge in [-0.05, 0) is 79.1 Å². The van der Waals surface area contributed by atoms with Crippen molar-refractivity contribution in [2.45, 2.75) is 38.1 Å². The van der Waals surface area contributed by atoms with Crippen LogP contribution in [-0.4, -0.2) is 39.5 Å². The molecule has 0 bridgehead atoms. The number of hydrogen-bond acceptors (Lipinski definition) is 4. The van der Waals surface area contributed by atoms with Crippen LogP contribution in [0.5, 0.6) is 0 Å². The molecule has 210 valence electrons. The average Bonchev–Trinajstić information content (AvgIpc) is 3.72. The van der Waals surface area contributed by atoms with Gasteiger partial charge in [0, 0.05) is 36.6 Å². The summed E-state index contributed by atoms with van der Waals surface area (Å²) in [5.74, 6) is -2.61. The molecule has 3 heterocycles. The van der Waals surface area contributed by atoms with E-state index in [0.29, 0.717) is 29.9 Å². The number of hydrogen-bond donors (Lipinski definition) is 1. The Hall–Kier alpha value is -3.95. The summed E-state index contributed by atoms with van der Waals surface area (Å²) in [7, 11) is 0. The van der Waals surface area contributed by atoms with Crippen molar-refractivity contribution in [3.05, 3.63) is 116 Å². The highest BCUT2D eigenvalue weighted by atomic mass is 35.5. The Morgan fingerprint density at radius 3 is 2.41 bits per heavy atom. The van der Waals surface area contributed by atoms with E-state index < -0.39 is 23.1 Å². The van der Waals surface area contributed by atoms with Crippen LogP contribution in [0.4, 0.5) is 13.2 Å². The van der Waals surface area contributed by atoms with Crippen LogP contribution in [0, 0.1) is 31.3 Å². The first-order valence-electron chi connectivity index (χ1n) is 13.2. The summed E-state index contributed by atoms with van der Waals surface area (Å²) < 4.78 is 46.4. The number of nitrogens with zero attached hydrogens (tertiary/aromatic N) is 3. The average molecular weight is 579 g/mol. The number of amides is 1. The Kier molecular flexibility index (Phi) is 6.74. The second kappa shape index (κ2) is 10.2. The molecule has 2 aromatic carbocycles. The summed E-state index contributed by atoms with van der Waals surface area (Å²) >= 11 is 6.59. The van der Waals surface area contributed by atoms with Crippen molar-refractivity contribution < 1.29 is 18.0 Å². The molecule has 2 atom stereocenters. The first-order valence-corrected chi connectivity index (χ1v) is 13.6. The van der Waals surface area contributed by atoms with Crippen molar-refractivity contribution in [3.63, 3.8) is 0 Å². The van der Waals surface area contributed by atoms with E-state index in [-0.39, 0.29) is 51.2 Å². The topological polar surface area (TPSA) is 81.2 Å². The van der Waals surface area contributed by atoms with E-state index in [2.05, 4.69) is 4.98 Å². The Labute approximate surface area is 239 Å². The zero-order valence-corrected chi connectivity index (χ0v) is 23.1. The minimum Gasteiger partial charge on any atom is -0.335 e. The third-order valence-corrected chi connectivity index (χ3v) is 8.31. The number of aryl methyl sites for hydroxylation is 2. The maximum Gasteiger partial charge on any atom is 0.274 e. The SMILES string of the molecule is Cc1cnc(-c2cccc(C(=O)N3CC(N)C3)c2F)c(F)c1-n1c(C)cc([C@@H]2CC2c2ccc(F)cc2)c(Cl)c1=O. The fraction of sp³-hybridized carbons (Fsp3) is 0.258. The largest absolute Gasteiger partial charge is 0.335 e. The quantitative estimate of drug-likeness (QED) is 0.332. The van der Waals surface area contributed by atoms with Crippen LogP contribution in [0.15, 0.2) is 59.5 Å². The van der Waals surface area contributed by atoms with Gasteiger partial charge in [-0.1, -0.05) is 29.8 Å². The minimum absolute atomic E-state index is 0.0247. The third-order valence-electron chi connectivity index (χ3n) is 7.93. The maximum atomic E-state index is 16.2. The standard InChI is InChI=1S/C31H26ClF3N4O2/c1-15-12-37-28(20-4-3-5-21(26(20)34)30(40)38-13-19(36)14-38)27(35)29(15)39-16(2)10-24(25(32)31(39)41)23-11-22(23)17-6-8-18(33)9-7-17/h3-10,12,19,22-23H,11,13-14,36H2,1-2H3/t22?,23-/m1/s1. The van der Waals surface area contributed by atoms with E-state index in [9.17, 15) is 14.0 Å². The molecule has 0 radical (unpaired) electrons. The van der Waals surface area contributed by atoms with Crippen LogP contribution in [0.1, 0.15) is 51.0 Å². The smallest absolute Gasteiger partial charge is 0.274 e. The highest BCUT2D eigenvalue weighted by Gasteiger charge is 2.41. The second-order valence-corrected chi connectivity index (χ2v) is 11.2. The molecule has 4 aromatic rings. The van der Waals surface area contributed by atoms with Crippen molar-refractivity contribution >= 4 is 17.5 Å². The number of pyridine rings is 2. The molecule has 2 N–H and O–H groups in total. The van der Waals surface area contributed by atoms with Gasteiger partial charge < -0.3 is 10.6 Å². The monoisotopic (exact) mass is 578 g/mol. The zero-order valence-electron chi connectivity index (χ0n) is 22.3. The number of nitrogens with two attached hydrogens (primary N) is 1. The number of likely N-dealkylation sites (tertiary alicyclic amines) is 1. The molecule has 6 rings (SSSR count). The van der Waals surface area contributed by atoms with Gasteiger partial charge >= 0.3 is 0 Å². The Balaban J connectivity index is 1.39. The van der Waals surface area contributed by atoms with Crippen LogP contribution in [-0.2, 0) is 0 Å². The summed E-state index contributed by atoms with van der Waals surface area (Å²) in [5, 5.41) is -0.0334. The zero-order chi connectivity index (χ0) is 29.2. The molecule has 41 heavy (non-hydrogen) atoms. The number of carbonyl (C=O) groups excluding carboxylic acids is 1. The van der Waals surface area contributed by atoms with Crippen LogP contribution in [0.25, 0.3) is 16.9 Å². The number of carbonyl (C=O) groups is 1. The minimum atomic E-state index is -0.913. The molecular weight excluding hydrogens is 553 g/mol. The normalized spacial score (nSPS) is 18.4. The lowest BCUT2D eigenvalue weighted by Crippen LogP contribution is -2.57. The van der Waals surface area contributed by atoms with Crippen LogP contribution in [0.3, 0.4) is 0 Å². The van der Waals surface area contributed by atoms with Gasteiger partial charge in [-0.3, -0.25) is 19.1 Å². The molecule has 1 saturated carbocycles. The van der Waals surface area contributed by atoms with Crippen molar-refractivity contribution in [1.82, 2.24) is 14.5 Å². The number of benzene rings is 2. The molecule has 1 amide bonds. The Morgan fingerprint density at radius 1 is 1.02 bits per heavy atom. The van der Waals surface area contributed by atoms with Gasteiger partial charge in [-0.2, -0.15) is 0 Å². The van der Waals surface area contributed by atoms with E-state index in [1.165, 1.54) is 46.0 Å². The summed E-state index contributed by atoms with van der Waals surface area (Å²) in [6, 6.07) is 12.0. The lowest BCUT2D eigenvalue weighted by molar-refractivity contribution is 0.0603. The summed E-state index contributed by atoms with van der Waals surface area (Å²) in [4.78, 5) is 31.9. The van der Waals surface area contributed by atoms with Gasteiger partial charge in [-0.25, -0.2) is 13.2 Å². The fourth-order valence-corrected chi connectivity index (χ4v) is 5.93. The lowest BCUT2D eigenvalue weighted by Gasteiger charge is -2.37. The first-order chi connectivity index (χ1) is 19.6. The predicted octanol–water partition coefficient (Wildman–Crippen LogP) is 5.64. The molecule has 10 heteroatoms. The second-order valence-electron chi connectivity index (χ2n) is 10.8. The maximum absolute atomic E-state index is 16.2. The first kappa shape index (κ1) is 27.2. The molecule has 1 aliphatic heterocycles. The van der Waals surface area contributed by atoms with Gasteiger partial charge in [0.2, 0.25) is 0 Å². The van der Waals surface area contributed by atoms with Gasteiger partial charge in [0.25, 0.3) is 11.5 Å². The Morgan fingerprint density at radius 2 is 1.73 bits per heavy atom. The molecule has 2 fully saturated rings. The Bertz CT molecular complexity index is 1770. The summed E-state index contributed by atoms with van der Waals surface area (Å²) in [6.45, 7) is 3.90. The lowest BCUT2D eigenvalue weighted by atomic mass is 10.0. The van der Waals surface area contributed by atoms with E-state index in [4.69, 9.17) is 17.3 Å². The van der Waals surface area contributed by atoms with E-state index in [1.54, 1.807) is 32.0 Å². The number of aromatic nitrogens is 2. The molecule has 0 spiro atoms. The van der Waals surface area contributed by atoms with Crippen LogP contribution < -0.4 is 11.3 Å². The van der Waals surface area contributed by atoms with Gasteiger partial charge in [-0.15, -0.1) is 0 Å². The number of rotatable bonds is 5. The fourth-order valence-electron chi connectivity index (χ4n) is 5.66. The van der Waals surface area contributed by atoms with E-state index >= 15 is 8.78 Å². The molecule has 1 unspecified atom stereocenters. The molecular formula is C31H26ClF3N4O2. The van der Waals surface area contributed by atoms with E-state index in [0.717, 1.165) is 12.0 Å². The highest BCUT2D eigenvalue weighted by Crippen LogP contribution is 2.55. The van der Waals surface area contributed by atoms with Crippen LogP contribution in [0.2, 0.25) is 5.02 Å². The van der Waals surface area contributed by atoms with Gasteiger partial charge in [0.05, 0.1) is 11.3 Å².